The Morgan fingerprint density at radius 3 is 2.43 bits per heavy atom. The summed E-state index contributed by atoms with van der Waals surface area (Å²) in [4.78, 5) is 19.4. The zero-order valence-electron chi connectivity index (χ0n) is 18.6. The Balaban J connectivity index is 1.62. The van der Waals surface area contributed by atoms with Crippen molar-refractivity contribution in [2.45, 2.75) is 13.0 Å². The molecule has 0 aromatic heterocycles. The highest BCUT2D eigenvalue weighted by atomic mass is 16.5. The zero-order valence-corrected chi connectivity index (χ0v) is 18.6. The van der Waals surface area contributed by atoms with Gasteiger partial charge >= 0.3 is 0 Å². The van der Waals surface area contributed by atoms with E-state index in [1.807, 2.05) is 45.3 Å². The second kappa shape index (κ2) is 10.5. The van der Waals surface area contributed by atoms with Crippen LogP contribution in [0, 0.1) is 6.92 Å². The van der Waals surface area contributed by atoms with Crippen LogP contribution in [0.2, 0.25) is 0 Å². The summed E-state index contributed by atoms with van der Waals surface area (Å²) >= 11 is 0. The van der Waals surface area contributed by atoms with E-state index in [-0.39, 0.29) is 18.6 Å². The molecule has 0 bridgehead atoms. The topological polar surface area (TPSA) is 48.1 Å². The van der Waals surface area contributed by atoms with Crippen molar-refractivity contribution in [3.63, 3.8) is 0 Å². The SMILES string of the molecule is Cc1cccc(OCC(=O)NC[C@H](c2ccc(N(C)C)cc2)N2CCN(C)CC2)c1. The number of anilines is 1. The van der Waals surface area contributed by atoms with Gasteiger partial charge in [0.2, 0.25) is 0 Å². The van der Waals surface area contributed by atoms with Crippen molar-refractivity contribution in [1.29, 1.82) is 0 Å². The van der Waals surface area contributed by atoms with Crippen molar-refractivity contribution in [2.75, 3.05) is 65.4 Å². The molecule has 1 aliphatic rings. The summed E-state index contributed by atoms with van der Waals surface area (Å²) in [5.41, 5.74) is 3.51. The van der Waals surface area contributed by atoms with Gasteiger partial charge in [0, 0.05) is 52.5 Å². The molecule has 0 unspecified atom stereocenters. The summed E-state index contributed by atoms with van der Waals surface area (Å²) < 4.78 is 5.65. The highest BCUT2D eigenvalue weighted by Gasteiger charge is 2.24. The number of carbonyl (C=O) groups is 1. The van der Waals surface area contributed by atoms with Gasteiger partial charge < -0.3 is 19.9 Å². The number of carbonyl (C=O) groups excluding carboxylic acids is 1. The minimum atomic E-state index is -0.0967. The second-order valence-electron chi connectivity index (χ2n) is 8.25. The Morgan fingerprint density at radius 2 is 1.80 bits per heavy atom. The third-order valence-electron chi connectivity index (χ3n) is 5.62. The van der Waals surface area contributed by atoms with Gasteiger partial charge in [-0.2, -0.15) is 0 Å². The fraction of sp³-hybridized carbons (Fsp3) is 0.458. The van der Waals surface area contributed by atoms with Crippen LogP contribution in [-0.4, -0.2) is 76.2 Å². The third kappa shape index (κ3) is 6.21. The summed E-state index contributed by atoms with van der Waals surface area (Å²) in [5, 5.41) is 3.08. The Hall–Kier alpha value is -2.57. The average Bonchev–Trinajstić information content (AvgIpc) is 2.74. The molecule has 6 nitrogen and oxygen atoms in total. The number of ether oxygens (including phenoxy) is 1. The van der Waals surface area contributed by atoms with Crippen LogP contribution in [0.15, 0.2) is 48.5 Å². The van der Waals surface area contributed by atoms with Gasteiger partial charge in [-0.1, -0.05) is 24.3 Å². The summed E-state index contributed by atoms with van der Waals surface area (Å²) in [7, 11) is 6.24. The van der Waals surface area contributed by atoms with Gasteiger partial charge in [-0.05, 0) is 49.4 Å². The minimum Gasteiger partial charge on any atom is -0.484 e. The molecule has 2 aromatic carbocycles. The van der Waals surface area contributed by atoms with E-state index in [2.05, 4.69) is 51.3 Å². The van der Waals surface area contributed by atoms with Crippen LogP contribution < -0.4 is 15.0 Å². The zero-order chi connectivity index (χ0) is 21.5. The van der Waals surface area contributed by atoms with Crippen molar-refractivity contribution in [3.8, 4) is 5.75 Å². The minimum absolute atomic E-state index is 0.0263. The average molecular weight is 411 g/mol. The van der Waals surface area contributed by atoms with Gasteiger partial charge in [0.05, 0.1) is 6.04 Å². The van der Waals surface area contributed by atoms with E-state index in [1.165, 1.54) is 11.3 Å². The number of nitrogens with zero attached hydrogens (tertiary/aromatic N) is 3. The molecule has 1 heterocycles. The standard InChI is InChI=1S/C24H34N4O2/c1-19-6-5-7-22(16-19)30-18-24(29)25-17-23(28-14-12-27(4)13-15-28)20-8-10-21(11-9-20)26(2)3/h5-11,16,23H,12-15,17-18H2,1-4H3,(H,25,29)/t23-/m1/s1. The molecule has 0 radical (unpaired) electrons. The van der Waals surface area contributed by atoms with Crippen LogP contribution in [0.25, 0.3) is 0 Å². The number of aryl methyl sites for hydroxylation is 1. The fourth-order valence-electron chi connectivity index (χ4n) is 3.70. The van der Waals surface area contributed by atoms with Crippen LogP contribution in [0.5, 0.6) is 5.75 Å². The maximum Gasteiger partial charge on any atom is 0.258 e. The van der Waals surface area contributed by atoms with Crippen LogP contribution in [0.4, 0.5) is 5.69 Å². The molecule has 3 rings (SSSR count). The molecule has 1 fully saturated rings. The number of likely N-dealkylation sites (N-methyl/N-ethyl adjacent to an activating group) is 1. The van der Waals surface area contributed by atoms with Crippen LogP contribution in [-0.2, 0) is 4.79 Å². The first-order valence-electron chi connectivity index (χ1n) is 10.6. The van der Waals surface area contributed by atoms with Crippen molar-refractivity contribution in [3.05, 3.63) is 59.7 Å². The van der Waals surface area contributed by atoms with Crippen molar-refractivity contribution < 1.29 is 9.53 Å². The Bertz CT molecular complexity index is 814. The van der Waals surface area contributed by atoms with Crippen LogP contribution >= 0.6 is 0 Å². The Labute approximate surface area is 180 Å². The lowest BCUT2D eigenvalue weighted by Crippen LogP contribution is -2.48. The van der Waals surface area contributed by atoms with Gasteiger partial charge in [0.1, 0.15) is 5.75 Å². The van der Waals surface area contributed by atoms with Crippen LogP contribution in [0.1, 0.15) is 17.2 Å². The largest absolute Gasteiger partial charge is 0.484 e. The molecule has 1 aliphatic heterocycles. The van der Waals surface area contributed by atoms with Crippen molar-refractivity contribution in [2.24, 2.45) is 0 Å². The molecule has 0 spiro atoms. The summed E-state index contributed by atoms with van der Waals surface area (Å²) in [5.74, 6) is 0.626. The molecular formula is C24H34N4O2. The number of hydrogen-bond acceptors (Lipinski definition) is 5. The smallest absolute Gasteiger partial charge is 0.258 e. The lowest BCUT2D eigenvalue weighted by Gasteiger charge is -2.38. The molecular weight excluding hydrogens is 376 g/mol. The Morgan fingerprint density at radius 1 is 1.10 bits per heavy atom. The summed E-state index contributed by atoms with van der Waals surface area (Å²) in [6.45, 7) is 6.67. The first kappa shape index (κ1) is 22.1. The summed E-state index contributed by atoms with van der Waals surface area (Å²) in [6.07, 6.45) is 0. The lowest BCUT2D eigenvalue weighted by molar-refractivity contribution is -0.123. The monoisotopic (exact) mass is 410 g/mol. The van der Waals surface area contributed by atoms with Gasteiger partial charge in [0.25, 0.3) is 5.91 Å². The van der Waals surface area contributed by atoms with E-state index in [0.717, 1.165) is 37.5 Å². The van der Waals surface area contributed by atoms with Gasteiger partial charge in [-0.3, -0.25) is 9.69 Å². The molecule has 6 heteroatoms. The van der Waals surface area contributed by atoms with E-state index >= 15 is 0 Å². The summed E-state index contributed by atoms with van der Waals surface area (Å²) in [6, 6.07) is 16.5. The van der Waals surface area contributed by atoms with Gasteiger partial charge in [-0.25, -0.2) is 0 Å². The van der Waals surface area contributed by atoms with E-state index in [4.69, 9.17) is 4.74 Å². The van der Waals surface area contributed by atoms with E-state index in [9.17, 15) is 4.79 Å². The van der Waals surface area contributed by atoms with Gasteiger partial charge in [-0.15, -0.1) is 0 Å². The predicted octanol–water partition coefficient (Wildman–Crippen LogP) is 2.54. The van der Waals surface area contributed by atoms with E-state index < -0.39 is 0 Å². The van der Waals surface area contributed by atoms with E-state index in [0.29, 0.717) is 6.54 Å². The molecule has 1 N–H and O–H groups in total. The maximum atomic E-state index is 12.4. The number of hydrogen-bond donors (Lipinski definition) is 1. The highest BCUT2D eigenvalue weighted by molar-refractivity contribution is 5.77. The van der Waals surface area contributed by atoms with E-state index in [1.54, 1.807) is 0 Å². The van der Waals surface area contributed by atoms with Crippen molar-refractivity contribution >= 4 is 11.6 Å². The number of amides is 1. The molecule has 0 aliphatic carbocycles. The molecule has 0 saturated carbocycles. The third-order valence-corrected chi connectivity index (χ3v) is 5.62. The number of benzene rings is 2. The molecule has 1 atom stereocenters. The normalized spacial score (nSPS) is 16.1. The highest BCUT2D eigenvalue weighted by Crippen LogP contribution is 2.24. The quantitative estimate of drug-likeness (QED) is 0.725. The number of rotatable bonds is 8. The first-order chi connectivity index (χ1) is 14.4. The first-order valence-corrected chi connectivity index (χ1v) is 10.6. The lowest BCUT2D eigenvalue weighted by atomic mass is 10.0. The van der Waals surface area contributed by atoms with Gasteiger partial charge in [0.15, 0.2) is 6.61 Å². The maximum absolute atomic E-state index is 12.4. The molecule has 2 aromatic rings. The predicted molar refractivity (Wildman–Crippen MR) is 122 cm³/mol. The fourth-order valence-corrected chi connectivity index (χ4v) is 3.70. The number of nitrogens with one attached hydrogen (secondary N) is 1. The second-order valence-corrected chi connectivity index (χ2v) is 8.25. The molecule has 30 heavy (non-hydrogen) atoms. The number of piperazine rings is 1. The molecule has 1 amide bonds. The molecule has 1 saturated heterocycles. The van der Waals surface area contributed by atoms with Crippen LogP contribution in [0.3, 0.4) is 0 Å². The Kier molecular flexibility index (Phi) is 7.71. The van der Waals surface area contributed by atoms with Crippen molar-refractivity contribution in [1.82, 2.24) is 15.1 Å². The molecule has 162 valence electrons.